The highest BCUT2D eigenvalue weighted by molar-refractivity contribution is 14.1. The molecule has 2 amide bonds. The second kappa shape index (κ2) is 8.88. The molecule has 0 atom stereocenters. The Labute approximate surface area is 173 Å². The van der Waals surface area contributed by atoms with Gasteiger partial charge in [0.15, 0.2) is 0 Å². The van der Waals surface area contributed by atoms with E-state index in [1.54, 1.807) is 19.0 Å². The smallest absolute Gasteiger partial charge is 0.270 e. The topological polar surface area (TPSA) is 48.8 Å². The third kappa shape index (κ3) is 4.90. The first-order chi connectivity index (χ1) is 13.0. The molecule has 7 heteroatoms. The number of benzene rings is 1. The molecule has 1 saturated heterocycles. The number of nitrogens with zero attached hydrogens (tertiary/aromatic N) is 4. The molecule has 0 N–H and O–H groups in total. The van der Waals surface area contributed by atoms with Crippen molar-refractivity contribution in [3.63, 3.8) is 0 Å². The van der Waals surface area contributed by atoms with Crippen LogP contribution in [0.25, 0.3) is 5.69 Å². The van der Waals surface area contributed by atoms with E-state index in [1.165, 1.54) is 0 Å². The normalized spacial score (nSPS) is 15.4. The number of rotatable bonds is 4. The van der Waals surface area contributed by atoms with Crippen LogP contribution >= 0.6 is 22.6 Å². The van der Waals surface area contributed by atoms with Gasteiger partial charge in [0.2, 0.25) is 5.91 Å². The molecule has 3 rings (SSSR count). The second-order valence-corrected chi connectivity index (χ2v) is 8.20. The molecule has 0 aliphatic carbocycles. The van der Waals surface area contributed by atoms with Crippen molar-refractivity contribution in [3.05, 3.63) is 51.9 Å². The number of aromatic nitrogens is 1. The number of amides is 2. The van der Waals surface area contributed by atoms with Gasteiger partial charge in [-0.15, -0.1) is 0 Å². The maximum atomic E-state index is 13.1. The van der Waals surface area contributed by atoms with Crippen LogP contribution in [0.4, 0.5) is 0 Å². The van der Waals surface area contributed by atoms with Gasteiger partial charge in [0, 0.05) is 55.7 Å². The van der Waals surface area contributed by atoms with Gasteiger partial charge in [0.1, 0.15) is 5.69 Å². The van der Waals surface area contributed by atoms with Crippen molar-refractivity contribution in [3.8, 4) is 5.69 Å². The minimum absolute atomic E-state index is 0.0413. The van der Waals surface area contributed by atoms with Gasteiger partial charge in [-0.25, -0.2) is 0 Å². The fourth-order valence-corrected chi connectivity index (χ4v) is 3.76. The van der Waals surface area contributed by atoms with Gasteiger partial charge < -0.3 is 14.4 Å². The lowest BCUT2D eigenvalue weighted by molar-refractivity contribution is -0.129. The first-order valence-corrected chi connectivity index (χ1v) is 10.2. The van der Waals surface area contributed by atoms with Crippen molar-refractivity contribution < 1.29 is 9.59 Å². The van der Waals surface area contributed by atoms with Crippen LogP contribution in [0.3, 0.4) is 0 Å². The zero-order valence-electron chi connectivity index (χ0n) is 15.8. The molecule has 2 aromatic rings. The van der Waals surface area contributed by atoms with Crippen molar-refractivity contribution >= 4 is 34.4 Å². The van der Waals surface area contributed by atoms with Crippen molar-refractivity contribution in [1.29, 1.82) is 0 Å². The average Bonchev–Trinajstić information content (AvgIpc) is 3.02. The Morgan fingerprint density at radius 2 is 1.89 bits per heavy atom. The molecule has 27 heavy (non-hydrogen) atoms. The van der Waals surface area contributed by atoms with Gasteiger partial charge in [0.05, 0.1) is 6.54 Å². The number of hydrogen-bond donors (Lipinski definition) is 0. The van der Waals surface area contributed by atoms with Crippen LogP contribution in [-0.4, -0.2) is 77.9 Å². The van der Waals surface area contributed by atoms with Crippen LogP contribution in [0, 0.1) is 3.57 Å². The van der Waals surface area contributed by atoms with E-state index >= 15 is 0 Å². The van der Waals surface area contributed by atoms with Gasteiger partial charge in [-0.1, -0.05) is 6.07 Å². The average molecular weight is 480 g/mol. The third-order valence-corrected chi connectivity index (χ3v) is 5.46. The zero-order chi connectivity index (χ0) is 19.4. The van der Waals surface area contributed by atoms with E-state index in [9.17, 15) is 9.59 Å². The van der Waals surface area contributed by atoms with E-state index < -0.39 is 0 Å². The maximum Gasteiger partial charge on any atom is 0.270 e. The molecule has 0 spiro atoms. The number of carbonyl (C=O) groups is 2. The van der Waals surface area contributed by atoms with Crippen LogP contribution in [0.5, 0.6) is 0 Å². The summed E-state index contributed by atoms with van der Waals surface area (Å²) >= 11 is 2.28. The molecule has 0 bridgehead atoms. The standard InChI is InChI=1S/C20H25IN4O2/c1-22(2)19(26)15-23-9-5-10-24(13-12-23)20(27)18-8-4-11-25(18)17-7-3-6-16(21)14-17/h3-4,6-8,11,14H,5,9-10,12-13,15H2,1-2H3. The highest BCUT2D eigenvalue weighted by Crippen LogP contribution is 2.18. The zero-order valence-corrected chi connectivity index (χ0v) is 17.9. The molecule has 1 aliphatic rings. The van der Waals surface area contributed by atoms with Gasteiger partial charge in [-0.05, 0) is 59.3 Å². The van der Waals surface area contributed by atoms with E-state index in [2.05, 4.69) is 33.6 Å². The summed E-state index contributed by atoms with van der Waals surface area (Å²) in [5.41, 5.74) is 1.66. The Bertz CT molecular complexity index is 818. The predicted molar refractivity (Wildman–Crippen MR) is 114 cm³/mol. The van der Waals surface area contributed by atoms with Crippen LogP contribution < -0.4 is 0 Å². The van der Waals surface area contributed by atoms with Gasteiger partial charge in [0.25, 0.3) is 5.91 Å². The van der Waals surface area contributed by atoms with Crippen molar-refractivity contribution in [1.82, 2.24) is 19.3 Å². The molecule has 1 fully saturated rings. The lowest BCUT2D eigenvalue weighted by Crippen LogP contribution is -2.39. The van der Waals surface area contributed by atoms with Crippen LogP contribution in [0.15, 0.2) is 42.6 Å². The molecule has 0 radical (unpaired) electrons. The van der Waals surface area contributed by atoms with E-state index in [4.69, 9.17) is 0 Å². The summed E-state index contributed by atoms with van der Waals surface area (Å²) in [5.74, 6) is 0.141. The molecule has 1 aromatic carbocycles. The molecule has 0 unspecified atom stereocenters. The highest BCUT2D eigenvalue weighted by Gasteiger charge is 2.23. The van der Waals surface area contributed by atoms with E-state index in [-0.39, 0.29) is 11.8 Å². The number of carbonyl (C=O) groups excluding carboxylic acids is 2. The number of likely N-dealkylation sites (N-methyl/N-ethyl adjacent to an activating group) is 1. The van der Waals surface area contributed by atoms with Gasteiger partial charge in [-0.3, -0.25) is 14.5 Å². The van der Waals surface area contributed by atoms with Crippen LogP contribution in [0.1, 0.15) is 16.9 Å². The summed E-state index contributed by atoms with van der Waals surface area (Å²) in [5, 5.41) is 0. The number of hydrogen-bond acceptors (Lipinski definition) is 3. The number of halogens is 1. The third-order valence-electron chi connectivity index (χ3n) is 4.79. The minimum atomic E-state index is 0.0413. The Morgan fingerprint density at radius 1 is 1.07 bits per heavy atom. The largest absolute Gasteiger partial charge is 0.348 e. The molecule has 2 heterocycles. The van der Waals surface area contributed by atoms with Crippen LogP contribution in [-0.2, 0) is 4.79 Å². The summed E-state index contributed by atoms with van der Waals surface area (Å²) in [6.07, 6.45) is 2.80. The quantitative estimate of drug-likeness (QED) is 0.632. The van der Waals surface area contributed by atoms with Crippen molar-refractivity contribution in [2.24, 2.45) is 0 Å². The van der Waals surface area contributed by atoms with E-state index in [1.807, 2.05) is 46.0 Å². The Balaban J connectivity index is 1.70. The van der Waals surface area contributed by atoms with Crippen molar-refractivity contribution in [2.45, 2.75) is 6.42 Å². The summed E-state index contributed by atoms with van der Waals surface area (Å²) in [7, 11) is 3.55. The molecule has 1 aromatic heterocycles. The van der Waals surface area contributed by atoms with Gasteiger partial charge in [-0.2, -0.15) is 0 Å². The summed E-state index contributed by atoms with van der Waals surface area (Å²) in [6.45, 7) is 3.31. The van der Waals surface area contributed by atoms with Gasteiger partial charge >= 0.3 is 0 Å². The Morgan fingerprint density at radius 3 is 2.63 bits per heavy atom. The maximum absolute atomic E-state index is 13.1. The van der Waals surface area contributed by atoms with Crippen LogP contribution in [0.2, 0.25) is 0 Å². The monoisotopic (exact) mass is 480 g/mol. The molecule has 1 aliphatic heterocycles. The summed E-state index contributed by atoms with van der Waals surface area (Å²) in [4.78, 5) is 30.7. The molecule has 6 nitrogen and oxygen atoms in total. The first kappa shape index (κ1) is 19.9. The Kier molecular flexibility index (Phi) is 6.54. The second-order valence-electron chi connectivity index (χ2n) is 6.95. The first-order valence-electron chi connectivity index (χ1n) is 9.11. The van der Waals surface area contributed by atoms with E-state index in [0.717, 1.165) is 28.8 Å². The fourth-order valence-electron chi connectivity index (χ4n) is 3.23. The summed E-state index contributed by atoms with van der Waals surface area (Å²) in [6, 6.07) is 11.9. The predicted octanol–water partition coefficient (Wildman–Crippen LogP) is 2.32. The lowest BCUT2D eigenvalue weighted by atomic mass is 10.3. The molecular weight excluding hydrogens is 455 g/mol. The molecular formula is C20H25IN4O2. The van der Waals surface area contributed by atoms with E-state index in [0.29, 0.717) is 25.3 Å². The van der Waals surface area contributed by atoms with Crippen molar-refractivity contribution in [2.75, 3.05) is 46.8 Å². The summed E-state index contributed by atoms with van der Waals surface area (Å²) < 4.78 is 3.08. The fraction of sp³-hybridized carbons (Fsp3) is 0.400. The minimum Gasteiger partial charge on any atom is -0.348 e. The molecule has 0 saturated carbocycles. The lowest BCUT2D eigenvalue weighted by Gasteiger charge is -2.23. The molecule has 144 valence electrons. The Hall–Kier alpha value is -1.87. The SMILES string of the molecule is CN(C)C(=O)CN1CCCN(C(=O)c2cccn2-c2cccc(I)c2)CC1. The highest BCUT2D eigenvalue weighted by atomic mass is 127.